The zero-order valence-electron chi connectivity index (χ0n) is 9.87. The Morgan fingerprint density at radius 2 is 1.74 bits per heavy atom. The van der Waals surface area contributed by atoms with Gasteiger partial charge in [-0.25, -0.2) is 0 Å². The van der Waals surface area contributed by atoms with Gasteiger partial charge in [0.2, 0.25) is 0 Å². The smallest absolute Gasteiger partial charge is 0.283 e. The fourth-order valence-corrected chi connectivity index (χ4v) is 2.00. The van der Waals surface area contributed by atoms with Crippen molar-refractivity contribution in [2.75, 3.05) is 0 Å². The molecule has 0 spiro atoms. The quantitative estimate of drug-likeness (QED) is 0.481. The van der Waals surface area contributed by atoms with Crippen molar-refractivity contribution in [3.63, 3.8) is 0 Å². The molecule has 1 N–H and O–H groups in total. The third-order valence-corrected chi connectivity index (χ3v) is 3.05. The lowest BCUT2D eigenvalue weighted by molar-refractivity contribution is -0.894. The van der Waals surface area contributed by atoms with Crippen LogP contribution in [0.25, 0.3) is 11.3 Å². The van der Waals surface area contributed by atoms with Crippen molar-refractivity contribution in [2.45, 2.75) is 13.1 Å². The fraction of sp³-hybridized carbons (Fsp3) is 0.154. The molecule has 0 atom stereocenters. The highest BCUT2D eigenvalue weighted by Gasteiger charge is 2.40. The van der Waals surface area contributed by atoms with E-state index in [1.54, 1.807) is 25.1 Å². The average molecular weight is 289 g/mol. The molecule has 0 aliphatic rings. The number of benzene rings is 1. The maximum absolute atomic E-state index is 13.0. The molecule has 1 aromatic carbocycles. The number of aromatic nitrogens is 1. The van der Waals surface area contributed by atoms with Gasteiger partial charge in [-0.3, -0.25) is 5.21 Å². The van der Waals surface area contributed by atoms with Gasteiger partial charge in [-0.1, -0.05) is 18.2 Å². The van der Waals surface area contributed by atoms with Gasteiger partial charge in [-0.15, -0.1) is 0 Å². The van der Waals surface area contributed by atoms with Crippen molar-refractivity contribution in [2.24, 2.45) is 0 Å². The van der Waals surface area contributed by atoms with Crippen LogP contribution in [-0.2, 0) is 6.18 Å². The highest BCUT2D eigenvalue weighted by atomic mass is 35.5. The fourth-order valence-electron chi connectivity index (χ4n) is 1.85. The topological polar surface area (TPSA) is 24.1 Å². The number of aryl methyl sites for hydroxylation is 1. The normalized spacial score (nSPS) is 11.6. The molecule has 0 radical (unpaired) electrons. The molecule has 100 valence electrons. The van der Waals surface area contributed by atoms with E-state index in [2.05, 4.69) is 0 Å². The monoisotopic (exact) mass is 288 g/mol. The Labute approximate surface area is 112 Å². The van der Waals surface area contributed by atoms with Crippen molar-refractivity contribution < 1.29 is 23.1 Å². The van der Waals surface area contributed by atoms with Crippen LogP contribution in [0.5, 0.6) is 0 Å². The minimum absolute atomic E-state index is 0.189. The Hall–Kier alpha value is -1.75. The van der Waals surface area contributed by atoms with Gasteiger partial charge < -0.3 is 0 Å². The lowest BCUT2D eigenvalue weighted by atomic mass is 10.0. The summed E-state index contributed by atoms with van der Waals surface area (Å²) in [5, 5.41) is 9.62. The highest BCUT2D eigenvalue weighted by molar-refractivity contribution is 6.28. The first kappa shape index (κ1) is 13.7. The van der Waals surface area contributed by atoms with Crippen molar-refractivity contribution in [1.82, 2.24) is 0 Å². The summed E-state index contributed by atoms with van der Waals surface area (Å²) in [6, 6.07) is 8.34. The summed E-state index contributed by atoms with van der Waals surface area (Å²) < 4.78 is 39.4. The Morgan fingerprint density at radius 1 is 1.11 bits per heavy atom. The van der Waals surface area contributed by atoms with Crippen LogP contribution in [0.15, 0.2) is 36.4 Å². The summed E-state index contributed by atoms with van der Waals surface area (Å²) in [5.74, 6) is 0. The Morgan fingerprint density at radius 3 is 2.32 bits per heavy atom. The molecule has 0 bridgehead atoms. The van der Waals surface area contributed by atoms with E-state index < -0.39 is 11.7 Å². The molecular formula is C13H10ClF3NO+. The molecule has 19 heavy (non-hydrogen) atoms. The third kappa shape index (κ3) is 2.51. The number of pyridine rings is 1. The van der Waals surface area contributed by atoms with Gasteiger partial charge in [0.25, 0.3) is 5.69 Å². The maximum Gasteiger partial charge on any atom is 0.422 e. The van der Waals surface area contributed by atoms with Gasteiger partial charge in [0.05, 0.1) is 5.56 Å². The lowest BCUT2D eigenvalue weighted by Crippen LogP contribution is -2.37. The average Bonchev–Trinajstić information content (AvgIpc) is 2.32. The molecular weight excluding hydrogens is 279 g/mol. The number of rotatable bonds is 1. The first-order chi connectivity index (χ1) is 8.82. The second-order valence-electron chi connectivity index (χ2n) is 4.04. The number of hydrogen-bond acceptors (Lipinski definition) is 1. The van der Waals surface area contributed by atoms with Gasteiger partial charge in [0.1, 0.15) is 5.56 Å². The molecule has 0 unspecified atom stereocenters. The van der Waals surface area contributed by atoms with E-state index in [-0.39, 0.29) is 16.4 Å². The van der Waals surface area contributed by atoms with Gasteiger partial charge in [0.15, 0.2) is 0 Å². The summed E-state index contributed by atoms with van der Waals surface area (Å²) in [5.41, 5.74) is -0.412. The van der Waals surface area contributed by atoms with Crippen LogP contribution >= 0.6 is 11.6 Å². The predicted molar refractivity (Wildman–Crippen MR) is 64.0 cm³/mol. The standard InChI is InChI=1S/C13H10ClF3NO/c1-8-4-2-3-5-9(8)12-10(13(15,16)17)6-7-11(14)18(12)19/h2-7,19H,1H3/q+1. The molecule has 0 amide bonds. The van der Waals surface area contributed by atoms with Gasteiger partial charge in [0, 0.05) is 10.8 Å². The molecule has 0 saturated heterocycles. The van der Waals surface area contributed by atoms with Crippen LogP contribution in [0.3, 0.4) is 0 Å². The Balaban J connectivity index is 2.82. The molecule has 2 aromatic rings. The first-order valence-corrected chi connectivity index (χ1v) is 5.77. The molecule has 6 heteroatoms. The Kier molecular flexibility index (Phi) is 3.41. The summed E-state index contributed by atoms with van der Waals surface area (Å²) in [7, 11) is 0. The van der Waals surface area contributed by atoms with Crippen molar-refractivity contribution in [3.8, 4) is 11.3 Å². The molecule has 0 aliphatic heterocycles. The van der Waals surface area contributed by atoms with Gasteiger partial charge in [-0.2, -0.15) is 13.2 Å². The van der Waals surface area contributed by atoms with Crippen molar-refractivity contribution in [3.05, 3.63) is 52.7 Å². The van der Waals surface area contributed by atoms with Crippen molar-refractivity contribution >= 4 is 11.6 Å². The molecule has 0 saturated carbocycles. The molecule has 1 heterocycles. The van der Waals surface area contributed by atoms with Crippen LogP contribution in [0.4, 0.5) is 13.2 Å². The largest absolute Gasteiger partial charge is 0.422 e. The van der Waals surface area contributed by atoms with Crippen LogP contribution in [0.2, 0.25) is 5.15 Å². The van der Waals surface area contributed by atoms with Gasteiger partial charge in [-0.05, 0) is 36.2 Å². The Bertz CT molecular complexity index is 626. The zero-order valence-corrected chi connectivity index (χ0v) is 10.6. The molecule has 2 rings (SSSR count). The summed E-state index contributed by atoms with van der Waals surface area (Å²) >= 11 is 5.68. The number of nitrogens with zero attached hydrogens (tertiary/aromatic N) is 1. The number of alkyl halides is 3. The van der Waals surface area contributed by atoms with Crippen LogP contribution in [0, 0.1) is 6.92 Å². The second-order valence-corrected chi connectivity index (χ2v) is 4.43. The van der Waals surface area contributed by atoms with Crippen LogP contribution in [0.1, 0.15) is 11.1 Å². The van der Waals surface area contributed by atoms with E-state index in [9.17, 15) is 18.4 Å². The van der Waals surface area contributed by atoms with E-state index >= 15 is 0 Å². The van der Waals surface area contributed by atoms with E-state index in [4.69, 9.17) is 11.6 Å². The highest BCUT2D eigenvalue weighted by Crippen LogP contribution is 2.36. The van der Waals surface area contributed by atoms with E-state index in [1.807, 2.05) is 0 Å². The van der Waals surface area contributed by atoms with E-state index in [0.29, 0.717) is 10.3 Å². The van der Waals surface area contributed by atoms with Gasteiger partial charge >= 0.3 is 11.3 Å². The lowest BCUT2D eigenvalue weighted by Gasteiger charge is -2.10. The number of hydrogen-bond donors (Lipinski definition) is 1. The summed E-state index contributed by atoms with van der Waals surface area (Å²) in [6.45, 7) is 1.66. The molecule has 2 nitrogen and oxygen atoms in total. The van der Waals surface area contributed by atoms with E-state index in [0.717, 1.165) is 12.1 Å². The second kappa shape index (κ2) is 4.74. The predicted octanol–water partition coefficient (Wildman–Crippen LogP) is 3.86. The van der Waals surface area contributed by atoms with E-state index in [1.165, 1.54) is 6.07 Å². The zero-order chi connectivity index (χ0) is 14.2. The number of halogens is 4. The third-order valence-electron chi connectivity index (χ3n) is 2.76. The van der Waals surface area contributed by atoms with Crippen molar-refractivity contribution in [1.29, 1.82) is 0 Å². The summed E-state index contributed by atoms with van der Waals surface area (Å²) in [6.07, 6.45) is -4.58. The minimum Gasteiger partial charge on any atom is -0.283 e. The van der Waals surface area contributed by atoms with Crippen LogP contribution in [-0.4, -0.2) is 5.21 Å². The molecule has 1 aromatic heterocycles. The minimum atomic E-state index is -4.58. The first-order valence-electron chi connectivity index (χ1n) is 5.39. The van der Waals surface area contributed by atoms with Crippen LogP contribution < -0.4 is 4.73 Å². The SMILES string of the molecule is Cc1ccccc1-c1c(C(F)(F)F)ccc(Cl)[n+]1O. The molecule has 0 fully saturated rings. The maximum atomic E-state index is 13.0. The summed E-state index contributed by atoms with van der Waals surface area (Å²) in [4.78, 5) is 0. The molecule has 0 aliphatic carbocycles.